The minimum Gasteiger partial charge on any atom is -0.497 e. The second-order valence-electron chi connectivity index (χ2n) is 8.08. The summed E-state index contributed by atoms with van der Waals surface area (Å²) in [5.41, 5.74) is 0.945. The molecule has 0 aliphatic carbocycles. The van der Waals surface area contributed by atoms with E-state index in [1.807, 2.05) is 0 Å². The van der Waals surface area contributed by atoms with Crippen LogP contribution < -0.4 is 9.47 Å². The van der Waals surface area contributed by atoms with Gasteiger partial charge in [0.05, 0.1) is 48.4 Å². The van der Waals surface area contributed by atoms with Crippen LogP contribution in [0.5, 0.6) is 11.5 Å². The van der Waals surface area contributed by atoms with Gasteiger partial charge in [-0.3, -0.25) is 0 Å². The quantitative estimate of drug-likeness (QED) is 0.137. The lowest BCUT2D eigenvalue weighted by molar-refractivity contribution is -0.137. The maximum Gasteiger partial charge on any atom is 0.359 e. The first-order valence-electron chi connectivity index (χ1n) is 12.1. The van der Waals surface area contributed by atoms with Crippen LogP contribution in [0, 0.1) is 0 Å². The van der Waals surface area contributed by atoms with Gasteiger partial charge in [0.1, 0.15) is 22.0 Å². The Morgan fingerprint density at radius 3 is 1.74 bits per heavy atom. The van der Waals surface area contributed by atoms with Crippen LogP contribution in [-0.4, -0.2) is 76.3 Å². The second kappa shape index (κ2) is 14.6. The van der Waals surface area contributed by atoms with E-state index in [0.29, 0.717) is 33.2 Å². The van der Waals surface area contributed by atoms with Crippen molar-refractivity contribution in [2.45, 2.75) is 0 Å². The summed E-state index contributed by atoms with van der Waals surface area (Å²) in [7, 11) is 7.71. The molecule has 13 heteroatoms. The Balaban J connectivity index is 2.47. The number of hydrogen-bond acceptors (Lipinski definition) is 12. The van der Waals surface area contributed by atoms with Gasteiger partial charge in [0, 0.05) is 22.7 Å². The van der Waals surface area contributed by atoms with Crippen molar-refractivity contribution in [3.8, 4) is 11.5 Å². The summed E-state index contributed by atoms with van der Waals surface area (Å²) in [5.74, 6) is -2.17. The summed E-state index contributed by atoms with van der Waals surface area (Å²) in [4.78, 5) is 50.5. The molecule has 0 bridgehead atoms. The molecule has 1 heterocycles. The SMILES string of the molecule is COC(=O)C=C(S/C(=C(/c1ccc(OC)cc1)n1cc(C(=O)OC)c(C(=O)OC)n1)c1ccc(OC)cc1)C(=O)OC. The molecule has 0 aliphatic rings. The van der Waals surface area contributed by atoms with Crippen molar-refractivity contribution in [1.29, 1.82) is 0 Å². The molecule has 0 aliphatic heterocycles. The Morgan fingerprint density at radius 1 is 0.714 bits per heavy atom. The Labute approximate surface area is 245 Å². The number of aromatic nitrogens is 2. The normalized spacial score (nSPS) is 11.6. The Hall–Kier alpha value is -5.04. The smallest absolute Gasteiger partial charge is 0.359 e. The molecule has 0 fully saturated rings. The summed E-state index contributed by atoms with van der Waals surface area (Å²) in [6, 6.07) is 13.7. The van der Waals surface area contributed by atoms with Gasteiger partial charge in [-0.2, -0.15) is 5.10 Å². The van der Waals surface area contributed by atoms with E-state index in [1.165, 1.54) is 46.4 Å². The van der Waals surface area contributed by atoms with E-state index < -0.39 is 23.9 Å². The van der Waals surface area contributed by atoms with Crippen molar-refractivity contribution >= 4 is 46.2 Å². The van der Waals surface area contributed by atoms with Gasteiger partial charge in [-0.1, -0.05) is 23.9 Å². The fourth-order valence-electron chi connectivity index (χ4n) is 3.60. The molecule has 0 saturated heterocycles. The Morgan fingerprint density at radius 2 is 1.26 bits per heavy atom. The number of carbonyl (C=O) groups is 4. The number of nitrogens with zero attached hydrogens (tertiary/aromatic N) is 2. The number of esters is 4. The highest BCUT2D eigenvalue weighted by atomic mass is 32.2. The van der Waals surface area contributed by atoms with E-state index in [1.54, 1.807) is 48.5 Å². The topological polar surface area (TPSA) is 141 Å². The monoisotopic (exact) mass is 596 g/mol. The third kappa shape index (κ3) is 7.18. The number of hydrogen-bond donors (Lipinski definition) is 0. The average molecular weight is 597 g/mol. The van der Waals surface area contributed by atoms with Gasteiger partial charge in [-0.05, 0) is 42.0 Å². The molecule has 0 spiro atoms. The summed E-state index contributed by atoms with van der Waals surface area (Å²) in [6.45, 7) is 0. The van der Waals surface area contributed by atoms with Crippen molar-refractivity contribution in [2.75, 3.05) is 42.7 Å². The van der Waals surface area contributed by atoms with E-state index in [-0.39, 0.29) is 16.2 Å². The van der Waals surface area contributed by atoms with E-state index in [9.17, 15) is 19.2 Å². The first-order valence-corrected chi connectivity index (χ1v) is 12.9. The lowest BCUT2D eigenvalue weighted by atomic mass is 10.1. The van der Waals surface area contributed by atoms with Crippen LogP contribution in [0.1, 0.15) is 32.0 Å². The molecule has 3 rings (SSSR count). The number of methoxy groups -OCH3 is 6. The van der Waals surface area contributed by atoms with E-state index in [0.717, 1.165) is 24.9 Å². The second-order valence-corrected chi connectivity index (χ2v) is 9.13. The molecule has 12 nitrogen and oxygen atoms in total. The van der Waals surface area contributed by atoms with Crippen molar-refractivity contribution < 1.29 is 47.6 Å². The molecular formula is C29H28N2O10S. The van der Waals surface area contributed by atoms with Crippen molar-refractivity contribution in [1.82, 2.24) is 9.78 Å². The first-order chi connectivity index (χ1) is 20.2. The van der Waals surface area contributed by atoms with Gasteiger partial charge in [0.25, 0.3) is 0 Å². The van der Waals surface area contributed by atoms with Crippen molar-refractivity contribution in [3.05, 3.63) is 88.1 Å². The van der Waals surface area contributed by atoms with Crippen molar-refractivity contribution in [3.63, 3.8) is 0 Å². The molecule has 2 aromatic carbocycles. The Bertz CT molecular complexity index is 1490. The summed E-state index contributed by atoms with van der Waals surface area (Å²) in [5, 5.41) is 4.39. The van der Waals surface area contributed by atoms with E-state index in [2.05, 4.69) is 5.10 Å². The molecule has 0 atom stereocenters. The fourth-order valence-corrected chi connectivity index (χ4v) is 4.71. The third-order valence-electron chi connectivity index (χ3n) is 5.71. The predicted molar refractivity (Wildman–Crippen MR) is 153 cm³/mol. The molecule has 0 unspecified atom stereocenters. The van der Waals surface area contributed by atoms with Crippen LogP contribution in [0.4, 0.5) is 0 Å². The van der Waals surface area contributed by atoms with E-state index >= 15 is 0 Å². The predicted octanol–water partition coefficient (Wildman–Crippen LogP) is 3.81. The van der Waals surface area contributed by atoms with Crippen molar-refractivity contribution in [2.24, 2.45) is 0 Å². The molecule has 0 N–H and O–H groups in total. The first kappa shape index (κ1) is 31.5. The maximum atomic E-state index is 12.8. The summed E-state index contributed by atoms with van der Waals surface area (Å²) < 4.78 is 31.3. The number of rotatable bonds is 11. The molecule has 0 amide bonds. The Kier molecular flexibility index (Phi) is 10.9. The molecular weight excluding hydrogens is 568 g/mol. The minimum atomic E-state index is -0.872. The average Bonchev–Trinajstić information content (AvgIpc) is 3.48. The number of carbonyl (C=O) groups excluding carboxylic acids is 4. The van der Waals surface area contributed by atoms with Gasteiger partial charge in [0.2, 0.25) is 0 Å². The molecule has 42 heavy (non-hydrogen) atoms. The number of thioether (sulfide) groups is 1. The van der Waals surface area contributed by atoms with Gasteiger partial charge in [0.15, 0.2) is 5.69 Å². The maximum absolute atomic E-state index is 12.8. The summed E-state index contributed by atoms with van der Waals surface area (Å²) in [6.07, 6.45) is 2.30. The molecule has 1 aromatic heterocycles. The van der Waals surface area contributed by atoms with Crippen LogP contribution in [0.15, 0.2) is 65.7 Å². The fraction of sp³-hybridized carbons (Fsp3) is 0.207. The molecule has 0 radical (unpaired) electrons. The van der Waals surface area contributed by atoms with Gasteiger partial charge >= 0.3 is 23.9 Å². The standard InChI is InChI=1S/C29H28N2O10S/c1-36-19-11-7-17(8-12-19)25(31-16-21(27(33)39-4)24(30-31)29(35)41-6)26(18-9-13-20(37-2)14-10-18)42-22(28(34)40-5)15-23(32)38-3/h7-16H,1-6H3/b22-15?,26-25-. The van der Waals surface area contributed by atoms with E-state index in [4.69, 9.17) is 28.4 Å². The molecule has 0 saturated carbocycles. The van der Waals surface area contributed by atoms with Crippen LogP contribution in [-0.2, 0) is 28.5 Å². The molecule has 3 aromatic rings. The highest BCUT2D eigenvalue weighted by Gasteiger charge is 2.28. The lowest BCUT2D eigenvalue weighted by Crippen LogP contribution is -2.11. The highest BCUT2D eigenvalue weighted by molar-refractivity contribution is 8.12. The highest BCUT2D eigenvalue weighted by Crippen LogP contribution is 2.41. The zero-order valence-electron chi connectivity index (χ0n) is 23.7. The third-order valence-corrected chi connectivity index (χ3v) is 6.84. The summed E-state index contributed by atoms with van der Waals surface area (Å²) >= 11 is 0.884. The van der Waals surface area contributed by atoms with Gasteiger partial charge < -0.3 is 28.4 Å². The largest absolute Gasteiger partial charge is 0.497 e. The van der Waals surface area contributed by atoms with Gasteiger partial charge in [-0.25, -0.2) is 23.9 Å². The minimum absolute atomic E-state index is 0.116. The molecule has 220 valence electrons. The van der Waals surface area contributed by atoms with Crippen LogP contribution in [0.2, 0.25) is 0 Å². The number of ether oxygens (including phenoxy) is 6. The zero-order chi connectivity index (χ0) is 30.8. The van der Waals surface area contributed by atoms with Crippen LogP contribution >= 0.6 is 11.8 Å². The van der Waals surface area contributed by atoms with Crippen LogP contribution in [0.3, 0.4) is 0 Å². The lowest BCUT2D eigenvalue weighted by Gasteiger charge is -2.18. The zero-order valence-corrected chi connectivity index (χ0v) is 24.5. The van der Waals surface area contributed by atoms with Crippen LogP contribution in [0.25, 0.3) is 10.6 Å². The van der Waals surface area contributed by atoms with Gasteiger partial charge in [-0.15, -0.1) is 0 Å². The number of benzene rings is 2.